The van der Waals surface area contributed by atoms with Crippen molar-refractivity contribution in [3.63, 3.8) is 0 Å². The number of rotatable bonds is 2. The van der Waals surface area contributed by atoms with E-state index in [1.165, 1.54) is 18.4 Å². The van der Waals surface area contributed by atoms with Crippen LogP contribution in [-0.4, -0.2) is 43.5 Å². The van der Waals surface area contributed by atoms with Gasteiger partial charge in [-0.05, 0) is 88.3 Å². The lowest BCUT2D eigenvalue weighted by Crippen LogP contribution is -2.43. The van der Waals surface area contributed by atoms with E-state index in [0.29, 0.717) is 36.8 Å². The summed E-state index contributed by atoms with van der Waals surface area (Å²) in [5.74, 6) is 2.11. The van der Waals surface area contributed by atoms with Crippen molar-refractivity contribution in [2.45, 2.75) is 89.4 Å². The molecule has 0 radical (unpaired) electrons. The van der Waals surface area contributed by atoms with Gasteiger partial charge in [0.05, 0.1) is 13.2 Å². The molecule has 1 spiro atoms. The third kappa shape index (κ3) is 4.54. The van der Waals surface area contributed by atoms with E-state index < -0.39 is 5.60 Å². The van der Waals surface area contributed by atoms with Crippen LogP contribution in [0.15, 0.2) is 35.4 Å². The predicted molar refractivity (Wildman–Crippen MR) is 141 cm³/mol. The van der Waals surface area contributed by atoms with E-state index in [0.717, 1.165) is 44.2 Å². The minimum Gasteiger partial charge on any atom is -0.443 e. The van der Waals surface area contributed by atoms with E-state index >= 15 is 0 Å². The summed E-state index contributed by atoms with van der Waals surface area (Å²) in [6, 6.07) is 8.39. The molecule has 6 rings (SSSR count). The van der Waals surface area contributed by atoms with Gasteiger partial charge in [0, 0.05) is 43.8 Å². The van der Waals surface area contributed by atoms with Crippen LogP contribution in [0.25, 0.3) is 0 Å². The number of carbonyl (C=O) groups excluding carboxylic acids is 2. The standard InChI is InChI=1S/C31H41NO5/c1-30(2,3)37-29(34)32(4)21-8-5-19(6-9-21)25-17-26-23(11-12-27(26)33)24-10-7-20-18-31(35-15-16-36-31)14-13-22(20)28(24)25/h5-6,8-9,20,23-26H,7,10-18H2,1-4H3. The van der Waals surface area contributed by atoms with Crippen molar-refractivity contribution < 1.29 is 23.8 Å². The van der Waals surface area contributed by atoms with Crippen LogP contribution < -0.4 is 4.90 Å². The topological polar surface area (TPSA) is 65.1 Å². The average molecular weight is 508 g/mol. The van der Waals surface area contributed by atoms with Crippen LogP contribution in [0.5, 0.6) is 0 Å². The second kappa shape index (κ2) is 9.23. The van der Waals surface area contributed by atoms with Crippen LogP contribution in [0.1, 0.15) is 83.6 Å². The summed E-state index contributed by atoms with van der Waals surface area (Å²) in [7, 11) is 1.75. The van der Waals surface area contributed by atoms with Crippen LogP contribution in [0, 0.1) is 23.7 Å². The summed E-state index contributed by atoms with van der Waals surface area (Å²) in [6.07, 6.45) is 7.67. The Bertz CT molecular complexity index is 1090. The van der Waals surface area contributed by atoms with E-state index in [1.807, 2.05) is 32.9 Å². The van der Waals surface area contributed by atoms with Crippen LogP contribution in [-0.2, 0) is 19.0 Å². The fourth-order valence-corrected chi connectivity index (χ4v) is 8.03. The molecule has 1 aromatic rings. The number of benzene rings is 1. The number of fused-ring (bicyclic) bond motifs is 4. The van der Waals surface area contributed by atoms with Gasteiger partial charge in [-0.1, -0.05) is 23.3 Å². The predicted octanol–water partition coefficient (Wildman–Crippen LogP) is 6.39. The van der Waals surface area contributed by atoms with E-state index in [4.69, 9.17) is 14.2 Å². The lowest BCUT2D eigenvalue weighted by atomic mass is 9.56. The molecule has 1 saturated heterocycles. The summed E-state index contributed by atoms with van der Waals surface area (Å²) in [4.78, 5) is 27.1. The zero-order chi connectivity index (χ0) is 25.9. The maximum Gasteiger partial charge on any atom is 0.414 e. The monoisotopic (exact) mass is 507 g/mol. The van der Waals surface area contributed by atoms with Crippen molar-refractivity contribution in [3.05, 3.63) is 41.0 Å². The van der Waals surface area contributed by atoms with Gasteiger partial charge in [-0.15, -0.1) is 0 Å². The zero-order valence-electron chi connectivity index (χ0n) is 22.8. The summed E-state index contributed by atoms with van der Waals surface area (Å²) in [5.41, 5.74) is 4.81. The number of ether oxygens (including phenoxy) is 3. The summed E-state index contributed by atoms with van der Waals surface area (Å²) >= 11 is 0. The minimum absolute atomic E-state index is 0.191. The Labute approximate surface area is 220 Å². The highest BCUT2D eigenvalue weighted by molar-refractivity contribution is 5.87. The Morgan fingerprint density at radius 3 is 2.46 bits per heavy atom. The summed E-state index contributed by atoms with van der Waals surface area (Å²) in [5, 5.41) is 0. The van der Waals surface area contributed by atoms with E-state index in [-0.39, 0.29) is 23.7 Å². The first kappa shape index (κ1) is 25.1. The van der Waals surface area contributed by atoms with Crippen molar-refractivity contribution in [1.29, 1.82) is 0 Å². The molecule has 1 aromatic carbocycles. The Balaban J connectivity index is 1.31. The molecule has 5 atom stereocenters. The van der Waals surface area contributed by atoms with Crippen molar-refractivity contribution in [2.75, 3.05) is 25.2 Å². The lowest BCUT2D eigenvalue weighted by Gasteiger charge is -2.49. The number of hydrogen-bond acceptors (Lipinski definition) is 5. The third-order valence-corrected chi connectivity index (χ3v) is 9.62. The van der Waals surface area contributed by atoms with Crippen molar-refractivity contribution >= 4 is 17.6 Å². The van der Waals surface area contributed by atoms with Gasteiger partial charge in [0.25, 0.3) is 0 Å². The number of amides is 1. The SMILES string of the molecule is CN(C(=O)OC(C)(C)C)c1ccc(C2CC3C(=O)CCC3C3CCC4CC5(CCC4=C23)OCCO5)cc1. The molecule has 4 aliphatic carbocycles. The second-order valence-electron chi connectivity index (χ2n) is 12.9. The number of anilines is 1. The molecule has 200 valence electrons. The van der Waals surface area contributed by atoms with E-state index in [2.05, 4.69) is 12.1 Å². The fourth-order valence-electron chi connectivity index (χ4n) is 8.03. The Hall–Kier alpha value is -2.18. The summed E-state index contributed by atoms with van der Waals surface area (Å²) < 4.78 is 17.8. The van der Waals surface area contributed by atoms with Crippen LogP contribution in [0.4, 0.5) is 10.5 Å². The lowest BCUT2D eigenvalue weighted by molar-refractivity contribution is -0.181. The smallest absolute Gasteiger partial charge is 0.414 e. The zero-order valence-corrected chi connectivity index (χ0v) is 22.8. The first-order valence-electron chi connectivity index (χ1n) is 14.2. The van der Waals surface area contributed by atoms with Gasteiger partial charge >= 0.3 is 6.09 Å². The quantitative estimate of drug-likeness (QED) is 0.434. The minimum atomic E-state index is -0.536. The number of nitrogens with zero attached hydrogens (tertiary/aromatic N) is 1. The van der Waals surface area contributed by atoms with Gasteiger partial charge in [-0.2, -0.15) is 0 Å². The molecule has 5 unspecified atom stereocenters. The molecule has 3 saturated carbocycles. The molecule has 0 bridgehead atoms. The normalized spacial score (nSPS) is 32.6. The summed E-state index contributed by atoms with van der Waals surface area (Å²) in [6.45, 7) is 7.05. The Morgan fingerprint density at radius 1 is 1.03 bits per heavy atom. The van der Waals surface area contributed by atoms with Gasteiger partial charge in [0.2, 0.25) is 0 Å². The average Bonchev–Trinajstić information content (AvgIpc) is 3.48. The van der Waals surface area contributed by atoms with Crippen molar-refractivity contribution in [3.8, 4) is 0 Å². The third-order valence-electron chi connectivity index (χ3n) is 9.62. The van der Waals surface area contributed by atoms with Gasteiger partial charge < -0.3 is 14.2 Å². The Kier molecular flexibility index (Phi) is 6.27. The van der Waals surface area contributed by atoms with Crippen molar-refractivity contribution in [2.24, 2.45) is 23.7 Å². The highest BCUT2D eigenvalue weighted by Crippen LogP contribution is 2.60. The molecular formula is C31H41NO5. The molecule has 1 aliphatic heterocycles. The number of carbonyl (C=O) groups is 2. The van der Waals surface area contributed by atoms with Crippen LogP contribution in [0.3, 0.4) is 0 Å². The molecule has 0 aromatic heterocycles. The number of hydrogen-bond donors (Lipinski definition) is 0. The molecule has 1 amide bonds. The molecular weight excluding hydrogens is 466 g/mol. The maximum atomic E-state index is 12.9. The number of allylic oxidation sites excluding steroid dienone is 2. The van der Waals surface area contributed by atoms with E-state index in [9.17, 15) is 9.59 Å². The molecule has 6 nitrogen and oxygen atoms in total. The molecule has 0 N–H and O–H groups in total. The molecule has 1 heterocycles. The molecule has 5 aliphatic rings. The molecule has 6 heteroatoms. The first-order valence-corrected chi connectivity index (χ1v) is 14.2. The van der Waals surface area contributed by atoms with Crippen LogP contribution >= 0.6 is 0 Å². The van der Waals surface area contributed by atoms with Gasteiger partial charge in [-0.3, -0.25) is 9.69 Å². The number of Topliss-reactive ketones (excluding diaryl/α,β-unsaturated/α-hetero) is 1. The fraction of sp³-hybridized carbons (Fsp3) is 0.677. The second-order valence-corrected chi connectivity index (χ2v) is 12.9. The highest BCUT2D eigenvalue weighted by Gasteiger charge is 2.52. The van der Waals surface area contributed by atoms with Gasteiger partial charge in [0.15, 0.2) is 5.79 Å². The van der Waals surface area contributed by atoms with Crippen LogP contribution in [0.2, 0.25) is 0 Å². The Morgan fingerprint density at radius 2 is 1.76 bits per heavy atom. The highest BCUT2D eigenvalue weighted by atomic mass is 16.7. The van der Waals surface area contributed by atoms with Crippen molar-refractivity contribution in [1.82, 2.24) is 0 Å². The van der Waals surface area contributed by atoms with Gasteiger partial charge in [-0.25, -0.2) is 4.79 Å². The molecule has 37 heavy (non-hydrogen) atoms. The molecule has 4 fully saturated rings. The first-order chi connectivity index (χ1) is 17.6. The number of ketones is 1. The van der Waals surface area contributed by atoms with Gasteiger partial charge in [0.1, 0.15) is 11.4 Å². The van der Waals surface area contributed by atoms with E-state index in [1.54, 1.807) is 23.1 Å². The maximum absolute atomic E-state index is 12.9. The largest absolute Gasteiger partial charge is 0.443 e.